The summed E-state index contributed by atoms with van der Waals surface area (Å²) in [5.74, 6) is 1.12. The summed E-state index contributed by atoms with van der Waals surface area (Å²) in [4.78, 5) is 12.1. The van der Waals surface area contributed by atoms with Crippen molar-refractivity contribution in [3.63, 3.8) is 0 Å². The molecule has 0 bridgehead atoms. The Kier molecular flexibility index (Phi) is 3.42. The summed E-state index contributed by atoms with van der Waals surface area (Å²) in [7, 11) is 0. The van der Waals surface area contributed by atoms with Gasteiger partial charge in [0.25, 0.3) is 0 Å². The van der Waals surface area contributed by atoms with Gasteiger partial charge in [-0.3, -0.25) is 4.79 Å². The summed E-state index contributed by atoms with van der Waals surface area (Å²) in [6.45, 7) is 4.33. The van der Waals surface area contributed by atoms with Crippen molar-refractivity contribution < 1.29 is 4.79 Å². The number of rotatable bonds is 4. The van der Waals surface area contributed by atoms with Gasteiger partial charge >= 0.3 is 0 Å². The fraction of sp³-hybridized carbons (Fsp3) is 0.533. The van der Waals surface area contributed by atoms with Gasteiger partial charge in [0.1, 0.15) is 5.78 Å². The molecule has 1 aliphatic rings. The van der Waals surface area contributed by atoms with Crippen LogP contribution in [0.4, 0.5) is 0 Å². The molecule has 1 heteroatoms. The molecule has 0 aromatic heterocycles. The average Bonchev–Trinajstić information content (AvgIpc) is 2.64. The SMILES string of the molecule is CCCCC(=O)[C@@H]1Cc2ccccc2[C@H]1C. The third-order valence-electron chi connectivity index (χ3n) is 3.78. The highest BCUT2D eigenvalue weighted by Gasteiger charge is 2.32. The minimum absolute atomic E-state index is 0.240. The first-order valence-electron chi connectivity index (χ1n) is 6.34. The Bertz CT molecular complexity index is 381. The topological polar surface area (TPSA) is 17.1 Å². The third-order valence-corrected chi connectivity index (χ3v) is 3.78. The Balaban J connectivity index is 2.09. The molecular weight excluding hydrogens is 196 g/mol. The first-order valence-corrected chi connectivity index (χ1v) is 6.34. The highest BCUT2D eigenvalue weighted by molar-refractivity contribution is 5.83. The number of carbonyl (C=O) groups excluding carboxylic acids is 1. The van der Waals surface area contributed by atoms with E-state index in [1.807, 2.05) is 0 Å². The van der Waals surface area contributed by atoms with Gasteiger partial charge in [-0.25, -0.2) is 0 Å². The van der Waals surface area contributed by atoms with Gasteiger partial charge in [-0.15, -0.1) is 0 Å². The maximum absolute atomic E-state index is 12.1. The van der Waals surface area contributed by atoms with Crippen molar-refractivity contribution in [1.29, 1.82) is 0 Å². The summed E-state index contributed by atoms with van der Waals surface area (Å²) in [6, 6.07) is 8.49. The minimum Gasteiger partial charge on any atom is -0.299 e. The molecule has 0 spiro atoms. The molecule has 0 N–H and O–H groups in total. The number of carbonyl (C=O) groups is 1. The highest BCUT2D eigenvalue weighted by Crippen LogP contribution is 2.38. The molecule has 0 amide bonds. The van der Waals surface area contributed by atoms with Crippen LogP contribution in [0.15, 0.2) is 24.3 Å². The van der Waals surface area contributed by atoms with E-state index in [0.29, 0.717) is 11.7 Å². The molecule has 0 saturated heterocycles. The van der Waals surface area contributed by atoms with Crippen LogP contribution in [0.3, 0.4) is 0 Å². The lowest BCUT2D eigenvalue weighted by atomic mass is 9.89. The zero-order chi connectivity index (χ0) is 11.5. The van der Waals surface area contributed by atoms with E-state index in [1.165, 1.54) is 11.1 Å². The molecule has 0 saturated carbocycles. The Morgan fingerprint density at radius 1 is 1.38 bits per heavy atom. The van der Waals surface area contributed by atoms with Gasteiger partial charge in [-0.1, -0.05) is 44.5 Å². The molecule has 0 aliphatic heterocycles. The van der Waals surface area contributed by atoms with Gasteiger partial charge in [0.05, 0.1) is 0 Å². The van der Waals surface area contributed by atoms with Crippen molar-refractivity contribution >= 4 is 5.78 Å². The molecule has 2 rings (SSSR count). The maximum atomic E-state index is 12.1. The molecule has 16 heavy (non-hydrogen) atoms. The van der Waals surface area contributed by atoms with E-state index in [2.05, 4.69) is 38.1 Å². The van der Waals surface area contributed by atoms with Crippen molar-refractivity contribution in [3.8, 4) is 0 Å². The standard InChI is InChI=1S/C15H20O/c1-3-4-9-15(16)14-10-12-7-5-6-8-13(12)11(14)2/h5-8,11,14H,3-4,9-10H2,1-2H3/t11-,14-/m1/s1. The van der Waals surface area contributed by atoms with Crippen molar-refractivity contribution in [2.24, 2.45) is 5.92 Å². The second-order valence-corrected chi connectivity index (χ2v) is 4.87. The van der Waals surface area contributed by atoms with Crippen LogP contribution in [0.1, 0.15) is 50.2 Å². The first-order chi connectivity index (χ1) is 7.74. The van der Waals surface area contributed by atoms with Crippen molar-refractivity contribution in [2.45, 2.75) is 45.4 Å². The molecule has 2 atom stereocenters. The monoisotopic (exact) mass is 216 g/mol. The van der Waals surface area contributed by atoms with Gasteiger partial charge in [-0.2, -0.15) is 0 Å². The summed E-state index contributed by atoms with van der Waals surface area (Å²) in [5.41, 5.74) is 2.77. The zero-order valence-corrected chi connectivity index (χ0v) is 10.2. The van der Waals surface area contributed by atoms with E-state index in [-0.39, 0.29) is 5.92 Å². The Morgan fingerprint density at radius 2 is 2.12 bits per heavy atom. The number of unbranched alkanes of at least 4 members (excludes halogenated alkanes) is 1. The van der Waals surface area contributed by atoms with E-state index >= 15 is 0 Å². The van der Waals surface area contributed by atoms with Crippen LogP contribution in [0.2, 0.25) is 0 Å². The molecule has 1 nitrogen and oxygen atoms in total. The van der Waals surface area contributed by atoms with Gasteiger partial charge in [0.15, 0.2) is 0 Å². The zero-order valence-electron chi connectivity index (χ0n) is 10.2. The molecule has 1 aliphatic carbocycles. The van der Waals surface area contributed by atoms with Crippen LogP contribution < -0.4 is 0 Å². The first kappa shape index (κ1) is 11.4. The van der Waals surface area contributed by atoms with Crippen LogP contribution in [-0.4, -0.2) is 5.78 Å². The van der Waals surface area contributed by atoms with E-state index in [1.54, 1.807) is 0 Å². The molecule has 0 unspecified atom stereocenters. The number of fused-ring (bicyclic) bond motifs is 1. The van der Waals surface area contributed by atoms with E-state index in [4.69, 9.17) is 0 Å². The lowest BCUT2D eigenvalue weighted by Crippen LogP contribution is -2.17. The molecule has 1 aromatic rings. The van der Waals surface area contributed by atoms with Gasteiger partial charge in [-0.05, 0) is 29.9 Å². The number of ketones is 1. The summed E-state index contributed by atoms with van der Waals surface area (Å²) in [6.07, 6.45) is 3.87. The quantitative estimate of drug-likeness (QED) is 0.749. The molecule has 0 fully saturated rings. The second-order valence-electron chi connectivity index (χ2n) is 4.87. The van der Waals surface area contributed by atoms with Crippen molar-refractivity contribution in [1.82, 2.24) is 0 Å². The van der Waals surface area contributed by atoms with Crippen LogP contribution in [-0.2, 0) is 11.2 Å². The highest BCUT2D eigenvalue weighted by atomic mass is 16.1. The van der Waals surface area contributed by atoms with Crippen LogP contribution >= 0.6 is 0 Å². The van der Waals surface area contributed by atoms with E-state index in [0.717, 1.165) is 25.7 Å². The normalized spacial score (nSPS) is 23.1. The van der Waals surface area contributed by atoms with Crippen LogP contribution in [0.5, 0.6) is 0 Å². The minimum atomic E-state index is 0.240. The third kappa shape index (κ3) is 2.04. The second kappa shape index (κ2) is 4.82. The summed E-state index contributed by atoms with van der Waals surface area (Å²) in [5, 5.41) is 0. The number of Topliss-reactive ketones (excluding diaryl/α,β-unsaturated/α-hetero) is 1. The van der Waals surface area contributed by atoms with Gasteiger partial charge in [0.2, 0.25) is 0 Å². The van der Waals surface area contributed by atoms with E-state index in [9.17, 15) is 4.79 Å². The lowest BCUT2D eigenvalue weighted by Gasteiger charge is -2.14. The smallest absolute Gasteiger partial charge is 0.136 e. The van der Waals surface area contributed by atoms with Gasteiger partial charge in [0, 0.05) is 12.3 Å². The number of hydrogen-bond acceptors (Lipinski definition) is 1. The van der Waals surface area contributed by atoms with Crippen LogP contribution in [0, 0.1) is 5.92 Å². The molecular formula is C15H20O. The fourth-order valence-electron chi connectivity index (χ4n) is 2.72. The predicted molar refractivity (Wildman–Crippen MR) is 66.6 cm³/mol. The largest absolute Gasteiger partial charge is 0.299 e. The maximum Gasteiger partial charge on any atom is 0.136 e. The van der Waals surface area contributed by atoms with Crippen molar-refractivity contribution in [3.05, 3.63) is 35.4 Å². The lowest BCUT2D eigenvalue weighted by molar-refractivity contribution is -0.123. The predicted octanol–water partition coefficient (Wildman–Crippen LogP) is 3.72. The molecule has 1 aromatic carbocycles. The fourth-order valence-corrected chi connectivity index (χ4v) is 2.72. The molecule has 86 valence electrons. The van der Waals surface area contributed by atoms with Crippen LogP contribution in [0.25, 0.3) is 0 Å². The average molecular weight is 216 g/mol. The number of hydrogen-bond donors (Lipinski definition) is 0. The van der Waals surface area contributed by atoms with Crippen molar-refractivity contribution in [2.75, 3.05) is 0 Å². The Labute approximate surface area is 97.9 Å². The Morgan fingerprint density at radius 3 is 2.81 bits per heavy atom. The molecule has 0 heterocycles. The van der Waals surface area contributed by atoms with E-state index < -0.39 is 0 Å². The Hall–Kier alpha value is -1.11. The summed E-state index contributed by atoms with van der Waals surface area (Å²) >= 11 is 0. The van der Waals surface area contributed by atoms with Gasteiger partial charge < -0.3 is 0 Å². The number of benzene rings is 1. The molecule has 0 radical (unpaired) electrons. The summed E-state index contributed by atoms with van der Waals surface area (Å²) < 4.78 is 0.